The van der Waals surface area contributed by atoms with Gasteiger partial charge in [0, 0.05) is 0 Å². The molecule has 0 amide bonds. The molecule has 3 aliphatic carbocycles. The highest BCUT2D eigenvalue weighted by atomic mass is 16.3. The number of allylic oxidation sites excluding steroid dienone is 4. The molecular formula is C25H40O. The molecule has 3 rings (SSSR count). The van der Waals surface area contributed by atoms with E-state index in [0.717, 1.165) is 41.6 Å². The largest absolute Gasteiger partial charge is 0.392 e. The van der Waals surface area contributed by atoms with E-state index in [1.54, 1.807) is 5.57 Å². The molecule has 26 heavy (non-hydrogen) atoms. The summed E-state index contributed by atoms with van der Waals surface area (Å²) in [4.78, 5) is 0. The number of hydrogen-bond donors (Lipinski definition) is 1. The first-order valence-corrected chi connectivity index (χ1v) is 11.0. The fraction of sp³-hybridized carbons (Fsp3) is 0.760. The zero-order valence-electron chi connectivity index (χ0n) is 17.6. The molecule has 1 nitrogen and oxygen atoms in total. The lowest BCUT2D eigenvalue weighted by Crippen LogP contribution is -2.32. The van der Waals surface area contributed by atoms with Crippen LogP contribution in [0, 0.1) is 35.0 Å². The second-order valence-corrected chi connectivity index (χ2v) is 10.0. The minimum absolute atomic E-state index is 0.203. The molecule has 6 atom stereocenters. The van der Waals surface area contributed by atoms with Crippen LogP contribution in [0.2, 0.25) is 0 Å². The van der Waals surface area contributed by atoms with Gasteiger partial charge < -0.3 is 5.11 Å². The van der Waals surface area contributed by atoms with Crippen LogP contribution < -0.4 is 0 Å². The van der Waals surface area contributed by atoms with E-state index in [4.69, 9.17) is 0 Å². The molecule has 0 aromatic rings. The Morgan fingerprint density at radius 3 is 2.88 bits per heavy atom. The van der Waals surface area contributed by atoms with Crippen LogP contribution in [0.25, 0.3) is 0 Å². The van der Waals surface area contributed by atoms with Gasteiger partial charge in [-0.25, -0.2) is 0 Å². The smallest absolute Gasteiger partial charge is 0.0639 e. The Hall–Kier alpha value is -0.820. The summed E-state index contributed by atoms with van der Waals surface area (Å²) in [7, 11) is 0. The Bertz CT molecular complexity index is 583. The molecular weight excluding hydrogens is 316 g/mol. The van der Waals surface area contributed by atoms with E-state index in [0.29, 0.717) is 5.41 Å². The van der Waals surface area contributed by atoms with E-state index in [1.165, 1.54) is 50.5 Å². The molecule has 2 fully saturated rings. The number of aliphatic hydroxyl groups is 1. The van der Waals surface area contributed by atoms with Crippen molar-refractivity contribution in [3.05, 3.63) is 35.5 Å². The molecule has 0 spiro atoms. The first-order chi connectivity index (χ1) is 12.4. The van der Waals surface area contributed by atoms with Crippen molar-refractivity contribution in [1.29, 1.82) is 0 Å². The summed E-state index contributed by atoms with van der Waals surface area (Å²) in [6.07, 6.45) is 15.3. The summed E-state index contributed by atoms with van der Waals surface area (Å²) in [5.74, 6) is 4.00. The van der Waals surface area contributed by atoms with Crippen molar-refractivity contribution in [3.8, 4) is 0 Å². The SMILES string of the molecule is C=C1CCC2/C(C)=C\CC3C(C(C)CC/C=C(/C)CO)CCC3(C)CC12. The fourth-order valence-corrected chi connectivity index (χ4v) is 6.48. The molecule has 2 saturated carbocycles. The predicted octanol–water partition coefficient (Wildman–Crippen LogP) is 6.70. The van der Waals surface area contributed by atoms with Crippen molar-refractivity contribution in [1.82, 2.24) is 0 Å². The van der Waals surface area contributed by atoms with Crippen molar-refractivity contribution in [2.24, 2.45) is 35.0 Å². The van der Waals surface area contributed by atoms with Crippen LogP contribution in [0.15, 0.2) is 35.5 Å². The van der Waals surface area contributed by atoms with Crippen LogP contribution in [0.4, 0.5) is 0 Å². The molecule has 0 aliphatic heterocycles. The maximum atomic E-state index is 9.20. The quantitative estimate of drug-likeness (QED) is 0.544. The highest BCUT2D eigenvalue weighted by Crippen LogP contribution is 2.59. The van der Waals surface area contributed by atoms with E-state index in [2.05, 4.69) is 39.5 Å². The van der Waals surface area contributed by atoms with Gasteiger partial charge in [0.15, 0.2) is 0 Å². The summed E-state index contributed by atoms with van der Waals surface area (Å²) in [5.41, 5.74) is 4.80. The molecule has 0 aromatic carbocycles. The van der Waals surface area contributed by atoms with E-state index in [1.807, 2.05) is 6.92 Å². The Morgan fingerprint density at radius 1 is 1.38 bits per heavy atom. The van der Waals surface area contributed by atoms with Gasteiger partial charge in [0.2, 0.25) is 0 Å². The van der Waals surface area contributed by atoms with E-state index >= 15 is 0 Å². The minimum Gasteiger partial charge on any atom is -0.392 e. The number of fused-ring (bicyclic) bond motifs is 2. The van der Waals surface area contributed by atoms with Crippen LogP contribution in [-0.4, -0.2) is 11.7 Å². The second kappa shape index (κ2) is 8.05. The van der Waals surface area contributed by atoms with Gasteiger partial charge in [-0.3, -0.25) is 0 Å². The number of aliphatic hydroxyl groups excluding tert-OH is 1. The third-order valence-corrected chi connectivity index (χ3v) is 8.31. The predicted molar refractivity (Wildman–Crippen MR) is 112 cm³/mol. The molecule has 1 heteroatoms. The molecule has 0 bridgehead atoms. The third kappa shape index (κ3) is 3.88. The average Bonchev–Trinajstić information content (AvgIpc) is 3.12. The van der Waals surface area contributed by atoms with Crippen molar-refractivity contribution in [2.45, 2.75) is 79.1 Å². The van der Waals surface area contributed by atoms with Crippen molar-refractivity contribution in [2.75, 3.05) is 6.61 Å². The lowest BCUT2D eigenvalue weighted by molar-refractivity contribution is 0.121. The van der Waals surface area contributed by atoms with Gasteiger partial charge in [0.1, 0.15) is 0 Å². The van der Waals surface area contributed by atoms with Gasteiger partial charge in [-0.05, 0) is 100 Å². The Labute approximate surface area is 161 Å². The first-order valence-electron chi connectivity index (χ1n) is 11.0. The third-order valence-electron chi connectivity index (χ3n) is 8.31. The molecule has 0 aromatic heterocycles. The van der Waals surface area contributed by atoms with Gasteiger partial charge in [-0.15, -0.1) is 0 Å². The van der Waals surface area contributed by atoms with E-state index < -0.39 is 0 Å². The van der Waals surface area contributed by atoms with Crippen molar-refractivity contribution < 1.29 is 5.11 Å². The monoisotopic (exact) mass is 356 g/mol. The second-order valence-electron chi connectivity index (χ2n) is 10.0. The molecule has 0 radical (unpaired) electrons. The highest BCUT2D eigenvalue weighted by molar-refractivity contribution is 5.22. The van der Waals surface area contributed by atoms with Crippen molar-refractivity contribution in [3.63, 3.8) is 0 Å². The lowest BCUT2D eigenvalue weighted by atomic mass is 9.64. The minimum atomic E-state index is 0.203. The summed E-state index contributed by atoms with van der Waals surface area (Å²) in [5, 5.41) is 9.20. The first kappa shape index (κ1) is 19.9. The Morgan fingerprint density at radius 2 is 2.15 bits per heavy atom. The van der Waals surface area contributed by atoms with Gasteiger partial charge in [0.05, 0.1) is 6.61 Å². The molecule has 6 unspecified atom stereocenters. The Balaban J connectivity index is 1.73. The molecule has 0 saturated heterocycles. The Kier molecular flexibility index (Phi) is 6.17. The molecule has 3 aliphatic rings. The molecule has 1 N–H and O–H groups in total. The van der Waals surface area contributed by atoms with Crippen LogP contribution in [-0.2, 0) is 0 Å². The topological polar surface area (TPSA) is 20.2 Å². The van der Waals surface area contributed by atoms with Gasteiger partial charge in [-0.2, -0.15) is 0 Å². The summed E-state index contributed by atoms with van der Waals surface area (Å²) >= 11 is 0. The summed E-state index contributed by atoms with van der Waals surface area (Å²) in [6.45, 7) is 14.1. The van der Waals surface area contributed by atoms with Gasteiger partial charge in [-0.1, -0.05) is 49.3 Å². The normalized spacial score (nSPS) is 41.0. The van der Waals surface area contributed by atoms with Crippen LogP contribution in [0.5, 0.6) is 0 Å². The lowest BCUT2D eigenvalue weighted by Gasteiger charge is -2.41. The summed E-state index contributed by atoms with van der Waals surface area (Å²) < 4.78 is 0. The average molecular weight is 357 g/mol. The number of rotatable bonds is 5. The van der Waals surface area contributed by atoms with E-state index in [-0.39, 0.29) is 6.61 Å². The highest BCUT2D eigenvalue weighted by Gasteiger charge is 2.49. The zero-order chi connectivity index (χ0) is 18.9. The summed E-state index contributed by atoms with van der Waals surface area (Å²) in [6, 6.07) is 0. The van der Waals surface area contributed by atoms with Crippen LogP contribution >= 0.6 is 0 Å². The van der Waals surface area contributed by atoms with E-state index in [9.17, 15) is 5.11 Å². The standard InChI is InChI=1S/C25H40O/c1-17(16-26)7-6-8-18(2)22-13-14-25(5)15-23-20(4)9-11-21(23)19(3)10-12-24(22)25/h7,10,18,21-24,26H,4,6,8-9,11-16H2,1-3,5H3/b17-7-,19-10-. The fourth-order valence-electron chi connectivity index (χ4n) is 6.48. The van der Waals surface area contributed by atoms with Crippen LogP contribution in [0.3, 0.4) is 0 Å². The van der Waals surface area contributed by atoms with Gasteiger partial charge in [0.25, 0.3) is 0 Å². The van der Waals surface area contributed by atoms with Crippen LogP contribution in [0.1, 0.15) is 79.1 Å². The molecule has 146 valence electrons. The molecule has 0 heterocycles. The van der Waals surface area contributed by atoms with Gasteiger partial charge >= 0.3 is 0 Å². The zero-order valence-corrected chi connectivity index (χ0v) is 17.6. The van der Waals surface area contributed by atoms with Crippen molar-refractivity contribution >= 4 is 0 Å². The maximum Gasteiger partial charge on any atom is 0.0639 e. The number of hydrogen-bond acceptors (Lipinski definition) is 1. The maximum absolute atomic E-state index is 9.20.